The highest BCUT2D eigenvalue weighted by atomic mass is 35.5. The van der Waals surface area contributed by atoms with E-state index in [4.69, 9.17) is 32.7 Å². The Balaban J connectivity index is 2.33. The third-order valence-corrected chi connectivity index (χ3v) is 6.62. The molecule has 0 radical (unpaired) electrons. The van der Waals surface area contributed by atoms with Gasteiger partial charge in [-0.25, -0.2) is 0 Å². The standard InChI is InChI=1S/C28H48Cl2O2/c1-3-5-7-9-11-13-15-17-19-31-27-21-26(24-30)28(22-25(27)23-29)32-20-18-16-14-12-10-8-6-4-2/h21-22H,3-20,23-24H2,1-2H3. The fourth-order valence-electron chi connectivity index (χ4n) is 3.96. The zero-order chi connectivity index (χ0) is 23.3. The largest absolute Gasteiger partial charge is 0.493 e. The molecule has 0 bridgehead atoms. The maximum Gasteiger partial charge on any atom is 0.124 e. The highest BCUT2D eigenvalue weighted by molar-refractivity contribution is 6.18. The summed E-state index contributed by atoms with van der Waals surface area (Å²) in [5.74, 6) is 2.56. The van der Waals surface area contributed by atoms with E-state index in [0.29, 0.717) is 11.8 Å². The Kier molecular flexibility index (Phi) is 19.3. The average molecular weight is 488 g/mol. The number of unbranched alkanes of at least 4 members (excludes halogenated alkanes) is 14. The van der Waals surface area contributed by atoms with Crippen molar-refractivity contribution in [2.45, 2.75) is 128 Å². The van der Waals surface area contributed by atoms with Gasteiger partial charge in [-0.2, -0.15) is 0 Å². The molecule has 0 unspecified atom stereocenters. The zero-order valence-electron chi connectivity index (χ0n) is 20.9. The van der Waals surface area contributed by atoms with Gasteiger partial charge < -0.3 is 9.47 Å². The van der Waals surface area contributed by atoms with Crippen LogP contribution in [0.15, 0.2) is 12.1 Å². The molecule has 0 spiro atoms. The van der Waals surface area contributed by atoms with Gasteiger partial charge in [-0.15, -0.1) is 23.2 Å². The summed E-state index contributed by atoms with van der Waals surface area (Å²) in [6.07, 6.45) is 20.7. The second-order valence-electron chi connectivity index (χ2n) is 8.98. The topological polar surface area (TPSA) is 18.5 Å². The van der Waals surface area contributed by atoms with Gasteiger partial charge in [0.25, 0.3) is 0 Å². The summed E-state index contributed by atoms with van der Waals surface area (Å²) < 4.78 is 12.1. The maximum atomic E-state index is 6.21. The highest BCUT2D eigenvalue weighted by Gasteiger charge is 2.11. The number of alkyl halides is 2. The molecule has 0 fully saturated rings. The lowest BCUT2D eigenvalue weighted by Gasteiger charge is -2.16. The summed E-state index contributed by atoms with van der Waals surface area (Å²) in [6, 6.07) is 4.05. The molecule has 0 amide bonds. The summed E-state index contributed by atoms with van der Waals surface area (Å²) in [6.45, 7) is 5.99. The lowest BCUT2D eigenvalue weighted by Crippen LogP contribution is -2.04. The van der Waals surface area contributed by atoms with E-state index in [1.54, 1.807) is 0 Å². The molecular weight excluding hydrogens is 439 g/mol. The second kappa shape index (κ2) is 21.0. The van der Waals surface area contributed by atoms with E-state index in [1.165, 1.54) is 89.9 Å². The average Bonchev–Trinajstić information content (AvgIpc) is 2.82. The van der Waals surface area contributed by atoms with Crippen LogP contribution in [-0.4, -0.2) is 13.2 Å². The summed E-state index contributed by atoms with van der Waals surface area (Å²) in [5.41, 5.74) is 1.98. The number of halogens is 2. The fourth-order valence-corrected chi connectivity index (χ4v) is 4.38. The monoisotopic (exact) mass is 486 g/mol. The van der Waals surface area contributed by atoms with Gasteiger partial charge in [0.1, 0.15) is 11.5 Å². The molecule has 0 N–H and O–H groups in total. The minimum absolute atomic E-state index is 0.420. The summed E-state index contributed by atoms with van der Waals surface area (Å²) in [4.78, 5) is 0. The van der Waals surface area contributed by atoms with Gasteiger partial charge >= 0.3 is 0 Å². The summed E-state index contributed by atoms with van der Waals surface area (Å²) >= 11 is 12.4. The van der Waals surface area contributed by atoms with Crippen molar-refractivity contribution in [1.82, 2.24) is 0 Å². The third kappa shape index (κ3) is 13.8. The van der Waals surface area contributed by atoms with E-state index in [2.05, 4.69) is 13.8 Å². The number of hydrogen-bond donors (Lipinski definition) is 0. The van der Waals surface area contributed by atoms with Gasteiger partial charge in [-0.05, 0) is 25.0 Å². The molecule has 1 rings (SSSR count). The van der Waals surface area contributed by atoms with E-state index in [1.807, 2.05) is 12.1 Å². The predicted molar refractivity (Wildman–Crippen MR) is 142 cm³/mol. The van der Waals surface area contributed by atoms with Crippen molar-refractivity contribution in [3.05, 3.63) is 23.3 Å². The number of hydrogen-bond acceptors (Lipinski definition) is 2. The van der Waals surface area contributed by atoms with Crippen LogP contribution in [0.25, 0.3) is 0 Å². The first-order valence-corrected chi connectivity index (χ1v) is 14.4. The van der Waals surface area contributed by atoms with Gasteiger partial charge in [0.15, 0.2) is 0 Å². The molecule has 0 atom stereocenters. The number of benzene rings is 1. The van der Waals surface area contributed by atoms with Crippen molar-refractivity contribution in [1.29, 1.82) is 0 Å². The van der Waals surface area contributed by atoms with E-state index >= 15 is 0 Å². The molecule has 32 heavy (non-hydrogen) atoms. The van der Waals surface area contributed by atoms with Crippen molar-refractivity contribution in [3.63, 3.8) is 0 Å². The normalized spacial score (nSPS) is 11.1. The van der Waals surface area contributed by atoms with Crippen molar-refractivity contribution in [3.8, 4) is 11.5 Å². The van der Waals surface area contributed by atoms with Crippen LogP contribution >= 0.6 is 23.2 Å². The Morgan fingerprint density at radius 3 is 1.12 bits per heavy atom. The number of rotatable bonds is 22. The number of ether oxygens (including phenoxy) is 2. The van der Waals surface area contributed by atoms with Gasteiger partial charge in [0, 0.05) is 11.1 Å². The Morgan fingerprint density at radius 2 is 0.812 bits per heavy atom. The van der Waals surface area contributed by atoms with Crippen LogP contribution in [0, 0.1) is 0 Å². The first-order chi connectivity index (χ1) is 15.8. The molecule has 4 heteroatoms. The maximum absolute atomic E-state index is 6.21. The second-order valence-corrected chi connectivity index (χ2v) is 9.52. The molecule has 2 nitrogen and oxygen atoms in total. The third-order valence-electron chi connectivity index (χ3n) is 6.04. The lowest BCUT2D eigenvalue weighted by atomic mass is 10.1. The first-order valence-electron chi connectivity index (χ1n) is 13.3. The highest BCUT2D eigenvalue weighted by Crippen LogP contribution is 2.32. The van der Waals surface area contributed by atoms with E-state index in [0.717, 1.165) is 48.7 Å². The van der Waals surface area contributed by atoms with Crippen LogP contribution in [0.3, 0.4) is 0 Å². The Bertz CT molecular complexity index is 513. The molecule has 186 valence electrons. The minimum Gasteiger partial charge on any atom is -0.493 e. The van der Waals surface area contributed by atoms with Crippen LogP contribution < -0.4 is 9.47 Å². The van der Waals surface area contributed by atoms with Crippen molar-refractivity contribution >= 4 is 23.2 Å². The zero-order valence-corrected chi connectivity index (χ0v) is 22.4. The Hall–Kier alpha value is -0.600. The lowest BCUT2D eigenvalue weighted by molar-refractivity contribution is 0.292. The van der Waals surface area contributed by atoms with Crippen molar-refractivity contribution in [2.75, 3.05) is 13.2 Å². The molecule has 0 aliphatic rings. The molecular formula is C28H48Cl2O2. The molecule has 0 aliphatic heterocycles. The summed E-state index contributed by atoms with van der Waals surface area (Å²) in [5, 5.41) is 0. The molecule has 0 heterocycles. The quantitative estimate of drug-likeness (QED) is 0.120. The SMILES string of the molecule is CCCCCCCCCCOc1cc(CCl)c(OCCCCCCCCCC)cc1CCl. The van der Waals surface area contributed by atoms with Crippen LogP contribution in [0.4, 0.5) is 0 Å². The van der Waals surface area contributed by atoms with Crippen LogP contribution in [0.2, 0.25) is 0 Å². The van der Waals surface area contributed by atoms with Crippen LogP contribution in [0.1, 0.15) is 128 Å². The van der Waals surface area contributed by atoms with Crippen molar-refractivity contribution in [2.24, 2.45) is 0 Å². The smallest absolute Gasteiger partial charge is 0.124 e. The minimum atomic E-state index is 0.420. The van der Waals surface area contributed by atoms with Gasteiger partial charge in [0.2, 0.25) is 0 Å². The van der Waals surface area contributed by atoms with Crippen LogP contribution in [-0.2, 0) is 11.8 Å². The molecule has 0 aliphatic carbocycles. The molecule has 0 saturated heterocycles. The van der Waals surface area contributed by atoms with E-state index < -0.39 is 0 Å². The fraction of sp³-hybridized carbons (Fsp3) is 0.786. The molecule has 0 saturated carbocycles. The Labute approximate surface area is 208 Å². The summed E-state index contributed by atoms with van der Waals surface area (Å²) in [7, 11) is 0. The van der Waals surface area contributed by atoms with Gasteiger partial charge in [-0.3, -0.25) is 0 Å². The van der Waals surface area contributed by atoms with Gasteiger partial charge in [0.05, 0.1) is 25.0 Å². The van der Waals surface area contributed by atoms with Crippen molar-refractivity contribution < 1.29 is 9.47 Å². The molecule has 0 aromatic heterocycles. The van der Waals surface area contributed by atoms with Gasteiger partial charge in [-0.1, -0.05) is 104 Å². The first kappa shape index (κ1) is 29.4. The van der Waals surface area contributed by atoms with Crippen LogP contribution in [0.5, 0.6) is 11.5 Å². The molecule has 1 aromatic carbocycles. The van der Waals surface area contributed by atoms with E-state index in [-0.39, 0.29) is 0 Å². The predicted octanol–water partition coefficient (Wildman–Crippen LogP) is 10.2. The van der Waals surface area contributed by atoms with E-state index in [9.17, 15) is 0 Å². The molecule has 1 aromatic rings. The Morgan fingerprint density at radius 1 is 0.500 bits per heavy atom.